The third kappa shape index (κ3) is 4.39. The van der Waals surface area contributed by atoms with E-state index in [2.05, 4.69) is 5.32 Å². The summed E-state index contributed by atoms with van der Waals surface area (Å²) in [5, 5.41) is 2.82. The van der Waals surface area contributed by atoms with E-state index in [1.807, 2.05) is 31.2 Å². The Hall–Kier alpha value is -3.02. The first-order valence-electron chi connectivity index (χ1n) is 9.11. The SMILES string of the molecule is CCc1ccccc1OCC(=O)Nc1ccc(OC)c(N2CCCC2=O)c1. The van der Waals surface area contributed by atoms with Crippen molar-refractivity contribution < 1.29 is 19.1 Å². The number of carbonyl (C=O) groups excluding carboxylic acids is 2. The summed E-state index contributed by atoms with van der Waals surface area (Å²) >= 11 is 0. The van der Waals surface area contributed by atoms with Gasteiger partial charge in [0.15, 0.2) is 6.61 Å². The Morgan fingerprint density at radius 2 is 2.00 bits per heavy atom. The Morgan fingerprint density at radius 1 is 1.19 bits per heavy atom. The van der Waals surface area contributed by atoms with Crippen LogP contribution in [0.5, 0.6) is 11.5 Å². The van der Waals surface area contributed by atoms with Gasteiger partial charge in [0, 0.05) is 18.7 Å². The lowest BCUT2D eigenvalue weighted by Crippen LogP contribution is -2.25. The second-order valence-corrected chi connectivity index (χ2v) is 6.33. The summed E-state index contributed by atoms with van der Waals surface area (Å²) in [4.78, 5) is 26.0. The molecule has 142 valence electrons. The molecule has 0 bridgehead atoms. The average Bonchev–Trinajstić information content (AvgIpc) is 3.12. The number of nitrogens with one attached hydrogen (secondary N) is 1. The normalized spacial score (nSPS) is 13.6. The van der Waals surface area contributed by atoms with Gasteiger partial charge in [-0.1, -0.05) is 25.1 Å². The minimum absolute atomic E-state index is 0.0660. The number of methoxy groups -OCH3 is 1. The van der Waals surface area contributed by atoms with Gasteiger partial charge >= 0.3 is 0 Å². The molecule has 0 aliphatic carbocycles. The molecule has 6 heteroatoms. The molecule has 1 fully saturated rings. The molecule has 6 nitrogen and oxygen atoms in total. The number of nitrogens with zero attached hydrogens (tertiary/aromatic N) is 1. The minimum atomic E-state index is -0.259. The second kappa shape index (κ2) is 8.58. The maximum Gasteiger partial charge on any atom is 0.262 e. The molecule has 1 saturated heterocycles. The number of aryl methyl sites for hydroxylation is 1. The zero-order chi connectivity index (χ0) is 19.2. The van der Waals surface area contributed by atoms with Crippen molar-refractivity contribution in [2.75, 3.05) is 30.5 Å². The van der Waals surface area contributed by atoms with E-state index in [-0.39, 0.29) is 18.4 Å². The second-order valence-electron chi connectivity index (χ2n) is 6.33. The zero-order valence-corrected chi connectivity index (χ0v) is 15.7. The number of hydrogen-bond acceptors (Lipinski definition) is 4. The number of hydrogen-bond donors (Lipinski definition) is 1. The number of para-hydroxylation sites is 1. The number of ether oxygens (including phenoxy) is 2. The molecule has 2 amide bonds. The molecule has 1 N–H and O–H groups in total. The highest BCUT2D eigenvalue weighted by Crippen LogP contribution is 2.34. The van der Waals surface area contributed by atoms with Crippen molar-refractivity contribution in [2.24, 2.45) is 0 Å². The van der Waals surface area contributed by atoms with Crippen LogP contribution >= 0.6 is 0 Å². The van der Waals surface area contributed by atoms with Crippen LogP contribution in [-0.4, -0.2) is 32.1 Å². The first kappa shape index (κ1) is 18.8. The van der Waals surface area contributed by atoms with Gasteiger partial charge in [0.05, 0.1) is 12.8 Å². The average molecular weight is 368 g/mol. The van der Waals surface area contributed by atoms with Crippen molar-refractivity contribution in [1.29, 1.82) is 0 Å². The van der Waals surface area contributed by atoms with Crippen LogP contribution in [0.15, 0.2) is 42.5 Å². The fourth-order valence-electron chi connectivity index (χ4n) is 3.16. The number of anilines is 2. The monoisotopic (exact) mass is 368 g/mol. The Morgan fingerprint density at radius 3 is 2.70 bits per heavy atom. The molecule has 0 saturated carbocycles. The first-order valence-corrected chi connectivity index (χ1v) is 9.11. The highest BCUT2D eigenvalue weighted by molar-refractivity contribution is 5.98. The van der Waals surface area contributed by atoms with Crippen molar-refractivity contribution in [3.63, 3.8) is 0 Å². The van der Waals surface area contributed by atoms with Gasteiger partial charge in [-0.3, -0.25) is 9.59 Å². The summed E-state index contributed by atoms with van der Waals surface area (Å²) in [6.07, 6.45) is 2.19. The van der Waals surface area contributed by atoms with Crippen molar-refractivity contribution in [3.05, 3.63) is 48.0 Å². The van der Waals surface area contributed by atoms with E-state index in [1.54, 1.807) is 30.2 Å². The standard InChI is InChI=1S/C21H24N2O4/c1-3-15-7-4-5-8-18(15)27-14-20(24)22-16-10-11-19(26-2)17(13-16)23-12-6-9-21(23)25/h4-5,7-8,10-11,13H,3,6,9,12,14H2,1-2H3,(H,22,24). The molecule has 0 radical (unpaired) electrons. The molecule has 0 aromatic heterocycles. The Kier molecular flexibility index (Phi) is 5.96. The van der Waals surface area contributed by atoms with Crippen LogP contribution in [-0.2, 0) is 16.0 Å². The molecule has 27 heavy (non-hydrogen) atoms. The van der Waals surface area contributed by atoms with Gasteiger partial charge in [0.1, 0.15) is 11.5 Å². The predicted molar refractivity (Wildman–Crippen MR) is 105 cm³/mol. The van der Waals surface area contributed by atoms with Crippen molar-refractivity contribution in [3.8, 4) is 11.5 Å². The van der Waals surface area contributed by atoms with E-state index in [0.717, 1.165) is 18.4 Å². The van der Waals surface area contributed by atoms with Crippen LogP contribution in [0.1, 0.15) is 25.3 Å². The third-order valence-corrected chi connectivity index (χ3v) is 4.54. The smallest absolute Gasteiger partial charge is 0.262 e. The topological polar surface area (TPSA) is 67.9 Å². The van der Waals surface area contributed by atoms with Gasteiger partial charge in [-0.25, -0.2) is 0 Å². The highest BCUT2D eigenvalue weighted by Gasteiger charge is 2.24. The molecule has 3 rings (SSSR count). The quantitative estimate of drug-likeness (QED) is 0.813. The lowest BCUT2D eigenvalue weighted by Gasteiger charge is -2.20. The predicted octanol–water partition coefficient (Wildman–Crippen LogP) is 3.40. The molecule has 0 unspecified atom stereocenters. The fraction of sp³-hybridized carbons (Fsp3) is 0.333. The molecule has 1 heterocycles. The number of rotatable bonds is 7. The molecule has 2 aromatic carbocycles. The maximum atomic E-state index is 12.3. The minimum Gasteiger partial charge on any atom is -0.495 e. The Balaban J connectivity index is 1.68. The van der Waals surface area contributed by atoms with Gasteiger partial charge in [0.2, 0.25) is 5.91 Å². The largest absolute Gasteiger partial charge is 0.495 e. The summed E-state index contributed by atoms with van der Waals surface area (Å²) in [6, 6.07) is 12.9. The van der Waals surface area contributed by atoms with Gasteiger partial charge in [-0.2, -0.15) is 0 Å². The lowest BCUT2D eigenvalue weighted by atomic mass is 10.1. The first-order chi connectivity index (χ1) is 13.1. The fourth-order valence-corrected chi connectivity index (χ4v) is 3.16. The van der Waals surface area contributed by atoms with Gasteiger partial charge in [-0.05, 0) is 42.7 Å². The maximum absolute atomic E-state index is 12.3. The van der Waals surface area contributed by atoms with E-state index in [9.17, 15) is 9.59 Å². The van der Waals surface area contributed by atoms with E-state index >= 15 is 0 Å². The summed E-state index contributed by atoms with van der Waals surface area (Å²) in [7, 11) is 1.57. The summed E-state index contributed by atoms with van der Waals surface area (Å²) in [6.45, 7) is 2.62. The van der Waals surface area contributed by atoms with Gasteiger partial charge in [-0.15, -0.1) is 0 Å². The zero-order valence-electron chi connectivity index (χ0n) is 15.7. The molecule has 1 aliphatic heterocycles. The van der Waals surface area contributed by atoms with Crippen LogP contribution < -0.4 is 19.7 Å². The number of amides is 2. The van der Waals surface area contributed by atoms with Crippen molar-refractivity contribution in [2.45, 2.75) is 26.2 Å². The summed E-state index contributed by atoms with van der Waals surface area (Å²) < 4.78 is 11.0. The van der Waals surface area contributed by atoms with Crippen LogP contribution in [0.25, 0.3) is 0 Å². The molecule has 0 atom stereocenters. The third-order valence-electron chi connectivity index (χ3n) is 4.54. The van der Waals surface area contributed by atoms with E-state index < -0.39 is 0 Å². The van der Waals surface area contributed by atoms with Gasteiger partial charge < -0.3 is 19.7 Å². The molecular weight excluding hydrogens is 344 g/mol. The Bertz CT molecular complexity index is 835. The van der Waals surface area contributed by atoms with E-state index in [0.29, 0.717) is 35.8 Å². The number of benzene rings is 2. The summed E-state index contributed by atoms with van der Waals surface area (Å²) in [5.41, 5.74) is 2.34. The van der Waals surface area contributed by atoms with Crippen LogP contribution in [0.4, 0.5) is 11.4 Å². The molecular formula is C21H24N2O4. The highest BCUT2D eigenvalue weighted by atomic mass is 16.5. The van der Waals surface area contributed by atoms with Crippen LogP contribution in [0.3, 0.4) is 0 Å². The number of carbonyl (C=O) groups is 2. The van der Waals surface area contributed by atoms with Crippen LogP contribution in [0.2, 0.25) is 0 Å². The van der Waals surface area contributed by atoms with E-state index in [1.165, 1.54) is 0 Å². The molecule has 0 spiro atoms. The molecule has 1 aliphatic rings. The van der Waals surface area contributed by atoms with Crippen molar-refractivity contribution >= 4 is 23.2 Å². The Labute approximate surface area is 159 Å². The van der Waals surface area contributed by atoms with Crippen LogP contribution in [0, 0.1) is 0 Å². The van der Waals surface area contributed by atoms with Gasteiger partial charge in [0.25, 0.3) is 5.91 Å². The summed E-state index contributed by atoms with van der Waals surface area (Å²) in [5.74, 6) is 1.13. The van der Waals surface area contributed by atoms with Crippen molar-refractivity contribution in [1.82, 2.24) is 0 Å². The van der Waals surface area contributed by atoms with E-state index in [4.69, 9.17) is 9.47 Å². The molecule has 2 aromatic rings. The lowest BCUT2D eigenvalue weighted by molar-refractivity contribution is -0.118.